The molecule has 0 spiro atoms. The molecular formula is C22H15ClFNO3. The summed E-state index contributed by atoms with van der Waals surface area (Å²) in [6, 6.07) is 20.4. The molecular weight excluding hydrogens is 381 g/mol. The quantitative estimate of drug-likeness (QED) is 0.447. The van der Waals surface area contributed by atoms with Crippen LogP contribution in [0.1, 0.15) is 16.1 Å². The number of fused-ring (bicyclic) bond motifs is 1. The maximum atomic E-state index is 13.2. The van der Waals surface area contributed by atoms with E-state index in [-0.39, 0.29) is 17.4 Å². The second kappa shape index (κ2) is 7.74. The van der Waals surface area contributed by atoms with E-state index in [0.717, 1.165) is 11.5 Å². The molecule has 140 valence electrons. The lowest BCUT2D eigenvalue weighted by Crippen LogP contribution is -2.14. The van der Waals surface area contributed by atoms with Gasteiger partial charge in [0.25, 0.3) is 5.91 Å². The minimum atomic E-state index is -0.489. The van der Waals surface area contributed by atoms with Crippen LogP contribution in [0.2, 0.25) is 5.02 Å². The molecule has 1 heterocycles. The summed E-state index contributed by atoms with van der Waals surface area (Å²) < 4.78 is 24.8. The third-order valence-electron chi connectivity index (χ3n) is 4.21. The Morgan fingerprint density at radius 2 is 1.79 bits per heavy atom. The normalized spacial score (nSPS) is 10.8. The highest BCUT2D eigenvalue weighted by Crippen LogP contribution is 2.29. The first-order valence-corrected chi connectivity index (χ1v) is 8.94. The summed E-state index contributed by atoms with van der Waals surface area (Å²) in [5, 5.41) is 3.56. The molecule has 4 rings (SSSR count). The number of nitrogens with one attached hydrogen (secondary N) is 1. The van der Waals surface area contributed by atoms with Crippen molar-refractivity contribution in [2.24, 2.45) is 0 Å². The fourth-order valence-corrected chi connectivity index (χ4v) is 3.08. The Hall–Kier alpha value is -3.31. The Morgan fingerprint density at radius 1 is 1.04 bits per heavy atom. The highest BCUT2D eigenvalue weighted by Gasteiger charge is 2.22. The number of anilines is 1. The van der Waals surface area contributed by atoms with Crippen LogP contribution < -0.4 is 10.1 Å². The van der Waals surface area contributed by atoms with Gasteiger partial charge in [-0.3, -0.25) is 4.79 Å². The summed E-state index contributed by atoms with van der Waals surface area (Å²) in [5.74, 6) is -0.168. The Labute approximate surface area is 165 Å². The number of furan rings is 1. The number of carbonyl (C=O) groups excluding carboxylic acids is 1. The Balaban J connectivity index is 1.66. The Bertz CT molecular complexity index is 1140. The van der Waals surface area contributed by atoms with Crippen LogP contribution in [0, 0.1) is 5.82 Å². The van der Waals surface area contributed by atoms with Crippen molar-refractivity contribution in [3.05, 3.63) is 95.0 Å². The van der Waals surface area contributed by atoms with Gasteiger partial charge in [0.05, 0.1) is 10.7 Å². The molecule has 1 N–H and O–H groups in total. The van der Waals surface area contributed by atoms with Crippen LogP contribution in [0.4, 0.5) is 10.1 Å². The molecule has 0 unspecified atom stereocenters. The zero-order valence-electron chi connectivity index (χ0n) is 14.6. The summed E-state index contributed by atoms with van der Waals surface area (Å²) >= 11 is 6.01. The lowest BCUT2D eigenvalue weighted by Gasteiger charge is -2.09. The zero-order valence-corrected chi connectivity index (χ0v) is 15.4. The zero-order chi connectivity index (χ0) is 19.5. The van der Waals surface area contributed by atoms with E-state index >= 15 is 0 Å². The van der Waals surface area contributed by atoms with Gasteiger partial charge >= 0.3 is 0 Å². The van der Waals surface area contributed by atoms with Gasteiger partial charge in [-0.2, -0.15) is 0 Å². The fourth-order valence-electron chi connectivity index (χ4n) is 2.87. The number of rotatable bonds is 5. The second-order valence-electron chi connectivity index (χ2n) is 6.09. The highest BCUT2D eigenvalue weighted by atomic mass is 35.5. The average molecular weight is 396 g/mol. The van der Waals surface area contributed by atoms with Gasteiger partial charge in [0.2, 0.25) is 0 Å². The summed E-state index contributed by atoms with van der Waals surface area (Å²) in [6.45, 7) is 0.154. The number of ether oxygens (including phenoxy) is 1. The van der Waals surface area contributed by atoms with Crippen molar-refractivity contribution in [1.29, 1.82) is 0 Å². The van der Waals surface area contributed by atoms with Crippen LogP contribution >= 0.6 is 11.6 Å². The lowest BCUT2D eigenvalue weighted by molar-refractivity contribution is 0.0995. The maximum absolute atomic E-state index is 13.2. The first-order valence-electron chi connectivity index (χ1n) is 8.56. The molecule has 0 aliphatic heterocycles. The third kappa shape index (κ3) is 3.70. The fraction of sp³-hybridized carbons (Fsp3) is 0.0455. The van der Waals surface area contributed by atoms with Gasteiger partial charge in [-0.05, 0) is 36.4 Å². The van der Waals surface area contributed by atoms with Crippen LogP contribution in [-0.2, 0) is 6.61 Å². The molecule has 6 heteroatoms. The number of amides is 1. The summed E-state index contributed by atoms with van der Waals surface area (Å²) in [6.07, 6.45) is 0. The van der Waals surface area contributed by atoms with E-state index in [1.165, 1.54) is 12.1 Å². The van der Waals surface area contributed by atoms with Crippen LogP contribution in [-0.4, -0.2) is 5.91 Å². The topological polar surface area (TPSA) is 51.5 Å². The van der Waals surface area contributed by atoms with Crippen LogP contribution in [0.25, 0.3) is 11.0 Å². The second-order valence-corrected chi connectivity index (χ2v) is 6.49. The van der Waals surface area contributed by atoms with Gasteiger partial charge in [0, 0.05) is 10.9 Å². The highest BCUT2D eigenvalue weighted by molar-refractivity contribution is 6.33. The summed E-state index contributed by atoms with van der Waals surface area (Å²) in [5.41, 5.74) is 1.49. The lowest BCUT2D eigenvalue weighted by atomic mass is 10.1. The van der Waals surface area contributed by atoms with Crippen molar-refractivity contribution in [2.75, 3.05) is 5.32 Å². The molecule has 0 fully saturated rings. The number of para-hydroxylation sites is 2. The molecule has 0 aliphatic carbocycles. The number of hydrogen-bond acceptors (Lipinski definition) is 3. The molecule has 4 aromatic rings. The van der Waals surface area contributed by atoms with Crippen molar-refractivity contribution in [3.63, 3.8) is 0 Å². The van der Waals surface area contributed by atoms with E-state index in [2.05, 4.69) is 5.32 Å². The van der Waals surface area contributed by atoms with E-state index in [1.807, 2.05) is 48.5 Å². The monoisotopic (exact) mass is 395 g/mol. The molecule has 0 aliphatic rings. The molecule has 0 atom stereocenters. The van der Waals surface area contributed by atoms with E-state index in [1.54, 1.807) is 6.07 Å². The van der Waals surface area contributed by atoms with Gasteiger partial charge < -0.3 is 14.5 Å². The van der Waals surface area contributed by atoms with Crippen LogP contribution in [0.3, 0.4) is 0 Å². The average Bonchev–Trinajstić information content (AvgIpc) is 3.08. The molecule has 3 aromatic carbocycles. The van der Waals surface area contributed by atoms with E-state index in [9.17, 15) is 9.18 Å². The van der Waals surface area contributed by atoms with Gasteiger partial charge in [0.1, 0.15) is 23.8 Å². The third-order valence-corrected chi connectivity index (χ3v) is 4.52. The van der Waals surface area contributed by atoms with Crippen molar-refractivity contribution < 1.29 is 18.3 Å². The largest absolute Gasteiger partial charge is 0.489 e. The SMILES string of the molecule is O=C(Nc1ccc(F)cc1Cl)c1oc2ccccc2c1COc1ccccc1. The Morgan fingerprint density at radius 3 is 2.57 bits per heavy atom. The molecule has 0 bridgehead atoms. The number of carbonyl (C=O) groups is 1. The molecule has 0 radical (unpaired) electrons. The van der Waals surface area contributed by atoms with Crippen LogP contribution in [0.5, 0.6) is 5.75 Å². The van der Waals surface area contributed by atoms with E-state index in [0.29, 0.717) is 22.6 Å². The predicted octanol–water partition coefficient (Wildman–Crippen LogP) is 6.06. The van der Waals surface area contributed by atoms with E-state index in [4.69, 9.17) is 20.8 Å². The number of benzene rings is 3. The van der Waals surface area contributed by atoms with Crippen molar-refractivity contribution in [1.82, 2.24) is 0 Å². The smallest absolute Gasteiger partial charge is 0.291 e. The molecule has 4 nitrogen and oxygen atoms in total. The van der Waals surface area contributed by atoms with Gasteiger partial charge in [0.15, 0.2) is 5.76 Å². The summed E-state index contributed by atoms with van der Waals surface area (Å²) in [7, 11) is 0. The summed E-state index contributed by atoms with van der Waals surface area (Å²) in [4.78, 5) is 12.8. The van der Waals surface area contributed by atoms with Gasteiger partial charge in [-0.15, -0.1) is 0 Å². The minimum Gasteiger partial charge on any atom is -0.489 e. The standard InChI is InChI=1S/C22H15ClFNO3/c23-18-12-14(24)10-11-19(18)25-22(26)21-17(13-27-15-6-2-1-3-7-15)16-8-4-5-9-20(16)28-21/h1-12H,13H2,(H,25,26). The van der Waals surface area contributed by atoms with Gasteiger partial charge in [-0.1, -0.05) is 48.0 Å². The number of hydrogen-bond donors (Lipinski definition) is 1. The molecule has 1 aromatic heterocycles. The van der Waals surface area contributed by atoms with E-state index < -0.39 is 11.7 Å². The first-order chi connectivity index (χ1) is 13.6. The molecule has 0 saturated heterocycles. The van der Waals surface area contributed by atoms with Crippen molar-refractivity contribution in [2.45, 2.75) is 6.61 Å². The number of halogens is 2. The first kappa shape index (κ1) is 18.1. The predicted molar refractivity (Wildman–Crippen MR) is 106 cm³/mol. The molecule has 1 amide bonds. The van der Waals surface area contributed by atoms with Crippen LogP contribution in [0.15, 0.2) is 77.2 Å². The molecule has 0 saturated carbocycles. The van der Waals surface area contributed by atoms with Crippen molar-refractivity contribution >= 4 is 34.2 Å². The van der Waals surface area contributed by atoms with Crippen molar-refractivity contribution in [3.8, 4) is 5.75 Å². The van der Waals surface area contributed by atoms with Gasteiger partial charge in [-0.25, -0.2) is 4.39 Å². The minimum absolute atomic E-state index is 0.103. The molecule has 28 heavy (non-hydrogen) atoms. The maximum Gasteiger partial charge on any atom is 0.291 e. The Kier molecular flexibility index (Phi) is 5.00.